The number of nitrogens with zero attached hydrogens (tertiary/aromatic N) is 1. The molecular weight excluding hydrogens is 172 g/mol. The Labute approximate surface area is 78.0 Å². The number of hydrogen-bond acceptors (Lipinski definition) is 3. The molecule has 2 rings (SSSR count). The summed E-state index contributed by atoms with van der Waals surface area (Å²) in [6.07, 6.45) is 2.97. The van der Waals surface area contributed by atoms with Crippen molar-refractivity contribution in [1.29, 1.82) is 0 Å². The summed E-state index contributed by atoms with van der Waals surface area (Å²) in [5.41, 5.74) is -0.0486. The zero-order valence-electron chi connectivity index (χ0n) is 7.05. The fraction of sp³-hybridized carbons (Fsp3) is 0.875. The van der Waals surface area contributed by atoms with Crippen LogP contribution in [0.5, 0.6) is 0 Å². The molecule has 68 valence electrons. The van der Waals surface area contributed by atoms with E-state index in [1.54, 1.807) is 4.31 Å². The largest absolute Gasteiger partial charge is 0.317 e. The number of carbonyl (C=O) groups is 1. The molecule has 12 heavy (non-hydrogen) atoms. The Morgan fingerprint density at radius 1 is 1.33 bits per heavy atom. The van der Waals surface area contributed by atoms with Crippen LogP contribution in [0.1, 0.15) is 19.3 Å². The number of amides is 1. The summed E-state index contributed by atoms with van der Waals surface area (Å²) in [5, 5.41) is 3.28. The number of hydrogen-bond donors (Lipinski definition) is 2. The molecule has 2 aliphatic rings. The van der Waals surface area contributed by atoms with Gasteiger partial charge in [0.15, 0.2) is 0 Å². The fourth-order valence-corrected chi connectivity index (χ4v) is 2.48. The third kappa shape index (κ3) is 1.13. The Bertz CT molecular complexity index is 196. The summed E-state index contributed by atoms with van der Waals surface area (Å²) in [4.78, 5) is 11.7. The van der Waals surface area contributed by atoms with Crippen LogP contribution < -0.4 is 5.32 Å². The van der Waals surface area contributed by atoms with Crippen molar-refractivity contribution in [3.8, 4) is 0 Å². The second-order valence-electron chi connectivity index (χ2n) is 3.71. The number of carbonyl (C=O) groups excluding carboxylic acids is 1. The molecule has 1 N–H and O–H groups in total. The second-order valence-corrected chi connectivity index (χ2v) is 4.19. The lowest BCUT2D eigenvalue weighted by molar-refractivity contribution is -0.133. The second kappa shape index (κ2) is 2.92. The van der Waals surface area contributed by atoms with Crippen molar-refractivity contribution in [2.75, 3.05) is 19.6 Å². The van der Waals surface area contributed by atoms with Crippen LogP contribution in [0.4, 0.5) is 0 Å². The minimum Gasteiger partial charge on any atom is -0.317 e. The van der Waals surface area contributed by atoms with Crippen molar-refractivity contribution in [3.05, 3.63) is 0 Å². The van der Waals surface area contributed by atoms with Crippen LogP contribution in [0.3, 0.4) is 0 Å². The lowest BCUT2D eigenvalue weighted by Crippen LogP contribution is -2.41. The molecule has 2 heterocycles. The van der Waals surface area contributed by atoms with Gasteiger partial charge in [-0.1, -0.05) is 12.8 Å². The average Bonchev–Trinajstić information content (AvgIpc) is 2.37. The van der Waals surface area contributed by atoms with Crippen LogP contribution >= 0.6 is 12.8 Å². The molecule has 0 aromatic heterocycles. The van der Waals surface area contributed by atoms with Gasteiger partial charge in [0, 0.05) is 6.54 Å². The smallest absolute Gasteiger partial charge is 0.238 e. The van der Waals surface area contributed by atoms with Gasteiger partial charge in [-0.3, -0.25) is 9.10 Å². The molecule has 2 fully saturated rings. The molecule has 0 unspecified atom stereocenters. The molecule has 0 atom stereocenters. The number of nitrogens with one attached hydrogen (secondary N) is 1. The van der Waals surface area contributed by atoms with Crippen LogP contribution in [-0.4, -0.2) is 29.8 Å². The van der Waals surface area contributed by atoms with Gasteiger partial charge in [0.2, 0.25) is 5.91 Å². The maximum Gasteiger partial charge on any atom is 0.238 e. The predicted octanol–water partition coefficient (Wildman–Crippen LogP) is 0.433. The average molecular weight is 186 g/mol. The predicted molar refractivity (Wildman–Crippen MR) is 49.9 cm³/mol. The summed E-state index contributed by atoms with van der Waals surface area (Å²) >= 11 is 4.13. The first-order chi connectivity index (χ1) is 5.75. The normalized spacial score (nSPS) is 28.4. The van der Waals surface area contributed by atoms with E-state index in [1.807, 2.05) is 0 Å². The third-order valence-corrected chi connectivity index (χ3v) is 3.43. The molecule has 0 radical (unpaired) electrons. The lowest BCUT2D eigenvalue weighted by Gasteiger charge is -2.31. The highest BCUT2D eigenvalue weighted by Gasteiger charge is 2.45. The van der Waals surface area contributed by atoms with E-state index in [2.05, 4.69) is 18.1 Å². The van der Waals surface area contributed by atoms with Gasteiger partial charge in [0.05, 0.1) is 5.41 Å². The minimum absolute atomic E-state index is 0.0486. The zero-order chi connectivity index (χ0) is 8.60. The van der Waals surface area contributed by atoms with Gasteiger partial charge in [-0.05, 0) is 32.4 Å². The molecule has 0 aromatic carbocycles. The van der Waals surface area contributed by atoms with Crippen LogP contribution in [0, 0.1) is 5.41 Å². The number of piperidine rings is 1. The van der Waals surface area contributed by atoms with Gasteiger partial charge in [-0.15, -0.1) is 0 Å². The molecule has 2 aliphatic heterocycles. The molecule has 3 nitrogen and oxygen atoms in total. The van der Waals surface area contributed by atoms with Gasteiger partial charge in [0.1, 0.15) is 0 Å². The standard InChI is InChI=1S/C8H14N2OS/c11-7-8(3-6-10(7)12)1-4-9-5-2-8/h9,12H,1-6H2. The minimum atomic E-state index is -0.0486. The Balaban J connectivity index is 2.14. The molecule has 0 saturated carbocycles. The van der Waals surface area contributed by atoms with E-state index < -0.39 is 0 Å². The van der Waals surface area contributed by atoms with Crippen molar-refractivity contribution in [1.82, 2.24) is 9.62 Å². The Hall–Kier alpha value is -0.220. The highest BCUT2D eigenvalue weighted by atomic mass is 32.1. The summed E-state index contributed by atoms with van der Waals surface area (Å²) in [6, 6.07) is 0. The van der Waals surface area contributed by atoms with Crippen LogP contribution in [0.15, 0.2) is 0 Å². The third-order valence-electron chi connectivity index (χ3n) is 3.05. The fourth-order valence-electron chi connectivity index (χ4n) is 2.17. The van der Waals surface area contributed by atoms with E-state index in [0.717, 1.165) is 38.9 Å². The van der Waals surface area contributed by atoms with Crippen molar-refractivity contribution in [3.63, 3.8) is 0 Å². The van der Waals surface area contributed by atoms with Crippen molar-refractivity contribution in [2.24, 2.45) is 5.41 Å². The van der Waals surface area contributed by atoms with Crippen molar-refractivity contribution >= 4 is 18.7 Å². The van der Waals surface area contributed by atoms with Crippen molar-refractivity contribution in [2.45, 2.75) is 19.3 Å². The number of rotatable bonds is 0. The Kier molecular flexibility index (Phi) is 2.04. The summed E-state index contributed by atoms with van der Waals surface area (Å²) in [6.45, 7) is 2.78. The Morgan fingerprint density at radius 2 is 2.00 bits per heavy atom. The van der Waals surface area contributed by atoms with Gasteiger partial charge in [0.25, 0.3) is 0 Å². The van der Waals surface area contributed by atoms with E-state index in [0.29, 0.717) is 0 Å². The van der Waals surface area contributed by atoms with Gasteiger partial charge in [-0.25, -0.2) is 0 Å². The molecule has 1 amide bonds. The lowest BCUT2D eigenvalue weighted by atomic mass is 9.78. The van der Waals surface area contributed by atoms with E-state index in [-0.39, 0.29) is 11.3 Å². The van der Waals surface area contributed by atoms with Crippen LogP contribution in [0.2, 0.25) is 0 Å². The van der Waals surface area contributed by atoms with E-state index in [9.17, 15) is 4.79 Å². The van der Waals surface area contributed by atoms with E-state index in [4.69, 9.17) is 0 Å². The summed E-state index contributed by atoms with van der Waals surface area (Å²) in [7, 11) is 0. The molecule has 0 bridgehead atoms. The molecule has 0 aliphatic carbocycles. The van der Waals surface area contributed by atoms with Gasteiger partial charge < -0.3 is 5.32 Å². The maximum atomic E-state index is 11.7. The van der Waals surface area contributed by atoms with Crippen LogP contribution in [0.25, 0.3) is 0 Å². The molecule has 1 spiro atoms. The quantitative estimate of drug-likeness (QED) is 0.538. The first-order valence-corrected chi connectivity index (χ1v) is 4.86. The van der Waals surface area contributed by atoms with Gasteiger partial charge in [-0.2, -0.15) is 0 Å². The first kappa shape index (κ1) is 8.38. The summed E-state index contributed by atoms with van der Waals surface area (Å²) in [5.74, 6) is 0.243. The monoisotopic (exact) mass is 186 g/mol. The number of thiol groups is 1. The Morgan fingerprint density at radius 3 is 2.50 bits per heavy atom. The molecule has 0 aromatic rings. The van der Waals surface area contributed by atoms with E-state index in [1.165, 1.54) is 0 Å². The maximum absolute atomic E-state index is 11.7. The summed E-state index contributed by atoms with van der Waals surface area (Å²) < 4.78 is 1.57. The molecular formula is C8H14N2OS. The topological polar surface area (TPSA) is 32.3 Å². The van der Waals surface area contributed by atoms with Crippen molar-refractivity contribution < 1.29 is 4.79 Å². The van der Waals surface area contributed by atoms with E-state index >= 15 is 0 Å². The molecule has 4 heteroatoms. The highest BCUT2D eigenvalue weighted by Crippen LogP contribution is 2.40. The van der Waals surface area contributed by atoms with Gasteiger partial charge >= 0.3 is 0 Å². The SMILES string of the molecule is O=C1N(S)CCC12CCNCC2. The highest BCUT2D eigenvalue weighted by molar-refractivity contribution is 7.78. The zero-order valence-corrected chi connectivity index (χ0v) is 7.94. The van der Waals surface area contributed by atoms with Crippen LogP contribution in [-0.2, 0) is 4.79 Å². The first-order valence-electron chi connectivity index (χ1n) is 4.46. The molecule has 2 saturated heterocycles.